The second kappa shape index (κ2) is 6.21. The Kier molecular flexibility index (Phi) is 4.11. The molecular formula is C14H13FN6OS. The number of carbonyl (C=O) groups is 1. The van der Waals surface area contributed by atoms with Gasteiger partial charge in [-0.1, -0.05) is 0 Å². The van der Waals surface area contributed by atoms with Crippen LogP contribution in [-0.4, -0.2) is 31.1 Å². The van der Waals surface area contributed by atoms with Crippen molar-refractivity contribution in [3.8, 4) is 11.4 Å². The first-order valence-electron chi connectivity index (χ1n) is 6.83. The highest BCUT2D eigenvalue weighted by molar-refractivity contribution is 7.07. The van der Waals surface area contributed by atoms with Crippen LogP contribution >= 0.6 is 11.3 Å². The fourth-order valence-corrected chi connectivity index (χ4v) is 2.54. The van der Waals surface area contributed by atoms with E-state index in [0.29, 0.717) is 17.2 Å². The van der Waals surface area contributed by atoms with Crippen LogP contribution in [0.3, 0.4) is 0 Å². The summed E-state index contributed by atoms with van der Waals surface area (Å²) in [4.78, 5) is 15.8. The van der Waals surface area contributed by atoms with E-state index >= 15 is 0 Å². The molecule has 0 aliphatic carbocycles. The SMILES string of the molecule is CC(C)n1nnnc1-c1ccc(NC(=O)c2cscn2)cc1F. The smallest absolute Gasteiger partial charge is 0.275 e. The van der Waals surface area contributed by atoms with Crippen LogP contribution in [0.4, 0.5) is 10.1 Å². The maximum absolute atomic E-state index is 14.4. The lowest BCUT2D eigenvalue weighted by molar-refractivity contribution is 0.102. The van der Waals surface area contributed by atoms with Crippen LogP contribution in [0.15, 0.2) is 29.1 Å². The van der Waals surface area contributed by atoms with E-state index < -0.39 is 5.82 Å². The van der Waals surface area contributed by atoms with Crippen LogP contribution < -0.4 is 5.32 Å². The molecule has 0 radical (unpaired) electrons. The molecule has 0 unspecified atom stereocenters. The van der Waals surface area contributed by atoms with Gasteiger partial charge in [0.05, 0.1) is 17.1 Å². The highest BCUT2D eigenvalue weighted by Crippen LogP contribution is 2.25. The minimum absolute atomic E-state index is 0.00319. The van der Waals surface area contributed by atoms with Gasteiger partial charge in [-0.15, -0.1) is 16.4 Å². The van der Waals surface area contributed by atoms with Crippen molar-refractivity contribution in [2.75, 3.05) is 5.32 Å². The summed E-state index contributed by atoms with van der Waals surface area (Å²) in [7, 11) is 0. The van der Waals surface area contributed by atoms with Crippen molar-refractivity contribution in [2.45, 2.75) is 19.9 Å². The van der Waals surface area contributed by atoms with Crippen molar-refractivity contribution >= 4 is 22.9 Å². The Morgan fingerprint density at radius 1 is 1.39 bits per heavy atom. The molecule has 0 aliphatic heterocycles. The molecule has 2 heterocycles. The number of hydrogen-bond acceptors (Lipinski definition) is 6. The zero-order valence-corrected chi connectivity index (χ0v) is 13.2. The summed E-state index contributed by atoms with van der Waals surface area (Å²) in [5.41, 5.74) is 2.47. The molecule has 9 heteroatoms. The van der Waals surface area contributed by atoms with Crippen LogP contribution in [0.25, 0.3) is 11.4 Å². The van der Waals surface area contributed by atoms with E-state index in [1.54, 1.807) is 17.0 Å². The van der Waals surface area contributed by atoms with Gasteiger partial charge >= 0.3 is 0 Å². The fraction of sp³-hybridized carbons (Fsp3) is 0.214. The number of anilines is 1. The average Bonchev–Trinajstić information content (AvgIpc) is 3.19. The van der Waals surface area contributed by atoms with Crippen LogP contribution in [0.1, 0.15) is 30.4 Å². The Morgan fingerprint density at radius 2 is 2.22 bits per heavy atom. The fourth-order valence-electron chi connectivity index (χ4n) is 2.01. The molecule has 7 nitrogen and oxygen atoms in total. The summed E-state index contributed by atoms with van der Waals surface area (Å²) in [5, 5.41) is 15.5. The molecule has 0 spiro atoms. The number of halogens is 1. The van der Waals surface area contributed by atoms with Gasteiger partial charge in [-0.25, -0.2) is 14.1 Å². The van der Waals surface area contributed by atoms with Gasteiger partial charge in [0.25, 0.3) is 5.91 Å². The number of nitrogens with one attached hydrogen (secondary N) is 1. The second-order valence-corrected chi connectivity index (χ2v) is 5.78. The van der Waals surface area contributed by atoms with Gasteiger partial charge < -0.3 is 5.32 Å². The summed E-state index contributed by atoms with van der Waals surface area (Å²) in [6.07, 6.45) is 0. The highest BCUT2D eigenvalue weighted by atomic mass is 32.1. The number of carbonyl (C=O) groups excluding carboxylic acids is 1. The van der Waals surface area contributed by atoms with Crippen molar-refractivity contribution in [1.82, 2.24) is 25.2 Å². The molecule has 1 aromatic carbocycles. The summed E-state index contributed by atoms with van der Waals surface area (Å²) < 4.78 is 15.9. The number of nitrogens with zero attached hydrogens (tertiary/aromatic N) is 5. The number of hydrogen-bond donors (Lipinski definition) is 1. The van der Waals surface area contributed by atoms with E-state index in [9.17, 15) is 9.18 Å². The Hall–Kier alpha value is -2.68. The Morgan fingerprint density at radius 3 is 2.87 bits per heavy atom. The minimum atomic E-state index is -0.516. The largest absolute Gasteiger partial charge is 0.321 e. The van der Waals surface area contributed by atoms with Crippen molar-refractivity contribution < 1.29 is 9.18 Å². The molecule has 3 rings (SSSR count). The van der Waals surface area contributed by atoms with E-state index in [1.807, 2.05) is 13.8 Å². The zero-order valence-electron chi connectivity index (χ0n) is 12.4. The van der Waals surface area contributed by atoms with Crippen molar-refractivity contribution in [2.24, 2.45) is 0 Å². The molecule has 0 bridgehead atoms. The molecule has 0 saturated heterocycles. The number of benzene rings is 1. The quantitative estimate of drug-likeness (QED) is 0.794. The van der Waals surface area contributed by atoms with Crippen LogP contribution in [0.2, 0.25) is 0 Å². The lowest BCUT2D eigenvalue weighted by Gasteiger charge is -2.09. The predicted molar refractivity (Wildman–Crippen MR) is 83.7 cm³/mol. The van der Waals surface area contributed by atoms with E-state index in [-0.39, 0.29) is 17.5 Å². The van der Waals surface area contributed by atoms with Crippen LogP contribution in [0.5, 0.6) is 0 Å². The molecular weight excluding hydrogens is 319 g/mol. The zero-order chi connectivity index (χ0) is 16.4. The van der Waals surface area contributed by atoms with E-state index in [0.717, 1.165) is 0 Å². The second-order valence-electron chi connectivity index (χ2n) is 5.06. The van der Waals surface area contributed by atoms with Gasteiger partial charge in [0.1, 0.15) is 11.5 Å². The highest BCUT2D eigenvalue weighted by Gasteiger charge is 2.16. The van der Waals surface area contributed by atoms with Gasteiger partial charge in [-0.2, -0.15) is 0 Å². The topological polar surface area (TPSA) is 85.6 Å². The Balaban J connectivity index is 1.86. The monoisotopic (exact) mass is 332 g/mol. The van der Waals surface area contributed by atoms with Gasteiger partial charge in [0.2, 0.25) is 0 Å². The summed E-state index contributed by atoms with van der Waals surface area (Å²) in [6.45, 7) is 3.81. The first-order valence-corrected chi connectivity index (χ1v) is 7.78. The van der Waals surface area contributed by atoms with Crippen LogP contribution in [0, 0.1) is 5.82 Å². The molecule has 3 aromatic rings. The minimum Gasteiger partial charge on any atom is -0.321 e. The maximum atomic E-state index is 14.4. The molecule has 0 fully saturated rings. The lowest BCUT2D eigenvalue weighted by Crippen LogP contribution is -2.12. The first-order chi connectivity index (χ1) is 11.1. The van der Waals surface area contributed by atoms with Gasteiger partial charge in [0.15, 0.2) is 5.82 Å². The Bertz CT molecular complexity index is 830. The number of aromatic nitrogens is 5. The van der Waals surface area contributed by atoms with Gasteiger partial charge in [-0.3, -0.25) is 4.79 Å². The normalized spacial score (nSPS) is 11.0. The molecule has 0 saturated carbocycles. The molecule has 2 aromatic heterocycles. The van der Waals surface area contributed by atoms with E-state index in [2.05, 4.69) is 25.8 Å². The van der Waals surface area contributed by atoms with E-state index in [4.69, 9.17) is 0 Å². The standard InChI is InChI=1S/C14H13FN6OS/c1-8(2)21-13(18-19-20-21)10-4-3-9(5-11(10)15)17-14(22)12-6-23-7-16-12/h3-8H,1-2H3,(H,17,22). The molecule has 0 atom stereocenters. The summed E-state index contributed by atoms with van der Waals surface area (Å²) >= 11 is 1.32. The predicted octanol–water partition coefficient (Wildman–Crippen LogP) is 2.77. The molecule has 0 aliphatic rings. The maximum Gasteiger partial charge on any atom is 0.275 e. The molecule has 1 N–H and O–H groups in total. The third-order valence-corrected chi connectivity index (χ3v) is 3.70. The summed E-state index contributed by atoms with van der Waals surface area (Å²) in [5.74, 6) is -0.557. The van der Waals surface area contributed by atoms with Crippen LogP contribution in [-0.2, 0) is 0 Å². The van der Waals surface area contributed by atoms with Crippen molar-refractivity contribution in [3.05, 3.63) is 40.6 Å². The van der Waals surface area contributed by atoms with E-state index in [1.165, 1.54) is 28.2 Å². The van der Waals surface area contributed by atoms with Crippen molar-refractivity contribution in [1.29, 1.82) is 0 Å². The Labute approximate surface area is 135 Å². The molecule has 23 heavy (non-hydrogen) atoms. The average molecular weight is 332 g/mol. The third-order valence-electron chi connectivity index (χ3n) is 3.11. The van der Waals surface area contributed by atoms with Gasteiger partial charge in [-0.05, 0) is 42.5 Å². The van der Waals surface area contributed by atoms with Gasteiger partial charge in [0, 0.05) is 11.1 Å². The molecule has 118 valence electrons. The number of rotatable bonds is 4. The number of thiazole rings is 1. The number of tetrazole rings is 1. The first kappa shape index (κ1) is 15.2. The van der Waals surface area contributed by atoms with Crippen molar-refractivity contribution in [3.63, 3.8) is 0 Å². The number of amides is 1. The summed E-state index contributed by atoms with van der Waals surface area (Å²) in [6, 6.07) is 4.38. The lowest BCUT2D eigenvalue weighted by atomic mass is 10.1. The molecule has 1 amide bonds. The third kappa shape index (κ3) is 3.09.